The van der Waals surface area contributed by atoms with Gasteiger partial charge in [0.2, 0.25) is 0 Å². The van der Waals surface area contributed by atoms with E-state index in [0.29, 0.717) is 0 Å². The number of nitrogens with one attached hydrogen (secondary N) is 2. The molecule has 1 aliphatic heterocycles. The van der Waals surface area contributed by atoms with Gasteiger partial charge in [-0.25, -0.2) is 4.98 Å². The molecule has 1 aromatic carbocycles. The van der Waals surface area contributed by atoms with Crippen molar-refractivity contribution in [3.05, 3.63) is 75.1 Å². The Morgan fingerprint density at radius 2 is 2.03 bits per heavy atom. The molecule has 0 spiro atoms. The molecule has 1 aliphatic rings. The second kappa shape index (κ2) is 10.1. The molecule has 164 valence electrons. The Morgan fingerprint density at radius 1 is 1.19 bits per heavy atom. The number of benzene rings is 1. The third-order valence-corrected chi connectivity index (χ3v) is 7.82. The van der Waals surface area contributed by atoms with Crippen molar-refractivity contribution in [3.8, 4) is 0 Å². The van der Waals surface area contributed by atoms with Gasteiger partial charge in [0.15, 0.2) is 5.13 Å². The molecule has 0 amide bonds. The summed E-state index contributed by atoms with van der Waals surface area (Å²) in [4.78, 5) is 7.50. The first-order chi connectivity index (χ1) is 15.0. The Kier molecular flexibility index (Phi) is 7.22. The summed E-state index contributed by atoms with van der Waals surface area (Å²) in [7, 11) is 0. The van der Waals surface area contributed by atoms with E-state index in [9.17, 15) is 5.11 Å². The number of aliphatic hydroxyl groups excluding tert-OH is 1. The number of anilines is 1. The average molecular weight is 473 g/mol. The molecule has 8 heteroatoms. The lowest BCUT2D eigenvalue weighted by molar-refractivity contribution is 0.203. The van der Waals surface area contributed by atoms with Crippen LogP contribution in [0.3, 0.4) is 0 Å². The summed E-state index contributed by atoms with van der Waals surface area (Å²) in [6, 6.07) is 14.8. The fourth-order valence-corrected chi connectivity index (χ4v) is 5.89. The highest BCUT2D eigenvalue weighted by Gasteiger charge is 2.27. The Morgan fingerprint density at radius 3 is 2.77 bits per heavy atom. The zero-order valence-corrected chi connectivity index (χ0v) is 20.2. The van der Waals surface area contributed by atoms with E-state index in [1.165, 1.54) is 15.3 Å². The molecule has 0 radical (unpaired) electrons. The fourth-order valence-electron chi connectivity index (χ4n) is 3.19. The maximum absolute atomic E-state index is 9.76. The lowest BCUT2D eigenvalue weighted by Crippen LogP contribution is -2.42. The molecule has 0 saturated heterocycles. The lowest BCUT2D eigenvalue weighted by atomic mass is 10.1. The van der Waals surface area contributed by atoms with E-state index >= 15 is 0 Å². The van der Waals surface area contributed by atoms with Gasteiger partial charge in [-0.15, -0.1) is 11.3 Å². The second-order valence-corrected chi connectivity index (χ2v) is 11.2. The van der Waals surface area contributed by atoms with E-state index in [0.717, 1.165) is 41.8 Å². The number of hydrogen-bond acceptors (Lipinski definition) is 8. The minimum atomic E-state index is -0.424. The van der Waals surface area contributed by atoms with Crippen LogP contribution >= 0.6 is 34.6 Å². The third kappa shape index (κ3) is 6.04. The van der Waals surface area contributed by atoms with Crippen LogP contribution in [0.5, 0.6) is 0 Å². The van der Waals surface area contributed by atoms with Crippen LogP contribution in [-0.2, 0) is 18.7 Å². The SMILES string of the molecule is CC(C)(CO)NC1=CN(SCc2ccccc2)Cc2sc(NCCc3cccs3)nc21. The minimum Gasteiger partial charge on any atom is -0.394 e. The summed E-state index contributed by atoms with van der Waals surface area (Å²) in [5.41, 5.74) is 2.83. The summed E-state index contributed by atoms with van der Waals surface area (Å²) < 4.78 is 2.26. The quantitative estimate of drug-likeness (QED) is 0.353. The molecule has 5 nitrogen and oxygen atoms in total. The third-order valence-electron chi connectivity index (χ3n) is 4.86. The van der Waals surface area contributed by atoms with Crippen LogP contribution in [0.25, 0.3) is 5.70 Å². The molecule has 0 aliphatic carbocycles. The molecule has 2 aromatic heterocycles. The zero-order valence-electron chi connectivity index (χ0n) is 17.8. The van der Waals surface area contributed by atoms with Crippen molar-refractivity contribution in [1.82, 2.24) is 14.6 Å². The van der Waals surface area contributed by atoms with Crippen molar-refractivity contribution in [3.63, 3.8) is 0 Å². The topological polar surface area (TPSA) is 60.4 Å². The highest BCUT2D eigenvalue weighted by atomic mass is 32.2. The Balaban J connectivity index is 1.47. The molecule has 4 rings (SSSR count). The summed E-state index contributed by atoms with van der Waals surface area (Å²) >= 11 is 5.30. The first kappa shape index (κ1) is 22.2. The van der Waals surface area contributed by atoms with Crippen molar-refractivity contribution in [2.45, 2.75) is 38.1 Å². The molecule has 0 atom stereocenters. The van der Waals surface area contributed by atoms with Crippen LogP contribution in [0.15, 0.2) is 54.0 Å². The molecule has 3 aromatic rings. The average Bonchev–Trinajstić information content (AvgIpc) is 3.43. The predicted molar refractivity (Wildman–Crippen MR) is 134 cm³/mol. The van der Waals surface area contributed by atoms with Gasteiger partial charge in [0, 0.05) is 23.4 Å². The van der Waals surface area contributed by atoms with Crippen molar-refractivity contribution >= 4 is 45.5 Å². The maximum atomic E-state index is 9.76. The molecule has 0 fully saturated rings. The second-order valence-electron chi connectivity index (χ2n) is 8.09. The number of thiophene rings is 1. The van der Waals surface area contributed by atoms with Crippen LogP contribution in [0, 0.1) is 0 Å². The van der Waals surface area contributed by atoms with Gasteiger partial charge >= 0.3 is 0 Å². The first-order valence-electron chi connectivity index (χ1n) is 10.3. The first-order valence-corrected chi connectivity index (χ1v) is 13.0. The fraction of sp³-hybridized carbons (Fsp3) is 0.348. The Labute approximate surface area is 196 Å². The van der Waals surface area contributed by atoms with E-state index in [1.807, 2.05) is 19.9 Å². The molecule has 0 bridgehead atoms. The number of thiazole rings is 1. The zero-order chi connectivity index (χ0) is 21.7. The predicted octanol–water partition coefficient (Wildman–Crippen LogP) is 5.18. The number of aliphatic hydroxyl groups is 1. The van der Waals surface area contributed by atoms with E-state index in [4.69, 9.17) is 4.98 Å². The summed E-state index contributed by atoms with van der Waals surface area (Å²) in [6.45, 7) is 5.73. The van der Waals surface area contributed by atoms with Gasteiger partial charge in [-0.3, -0.25) is 0 Å². The highest BCUT2D eigenvalue weighted by Crippen LogP contribution is 2.36. The van der Waals surface area contributed by atoms with Gasteiger partial charge in [-0.1, -0.05) is 47.7 Å². The molecule has 0 saturated carbocycles. The smallest absolute Gasteiger partial charge is 0.183 e. The molecule has 3 heterocycles. The van der Waals surface area contributed by atoms with Crippen molar-refractivity contribution in [2.24, 2.45) is 0 Å². The largest absolute Gasteiger partial charge is 0.394 e. The monoisotopic (exact) mass is 472 g/mol. The van der Waals surface area contributed by atoms with Gasteiger partial charge < -0.3 is 20.0 Å². The molecule has 31 heavy (non-hydrogen) atoms. The molecule has 0 unspecified atom stereocenters. The van der Waals surface area contributed by atoms with E-state index in [2.05, 4.69) is 62.9 Å². The van der Waals surface area contributed by atoms with E-state index < -0.39 is 5.54 Å². The number of nitrogens with zero attached hydrogens (tertiary/aromatic N) is 2. The van der Waals surface area contributed by atoms with Crippen molar-refractivity contribution in [1.29, 1.82) is 0 Å². The maximum Gasteiger partial charge on any atom is 0.183 e. The van der Waals surface area contributed by atoms with Gasteiger partial charge in [0.25, 0.3) is 0 Å². The van der Waals surface area contributed by atoms with Crippen LogP contribution in [0.2, 0.25) is 0 Å². The summed E-state index contributed by atoms with van der Waals surface area (Å²) in [6.07, 6.45) is 3.13. The minimum absolute atomic E-state index is 0.0485. The Bertz CT molecular complexity index is 999. The van der Waals surface area contributed by atoms with Gasteiger partial charge in [-0.2, -0.15) is 0 Å². The lowest BCUT2D eigenvalue weighted by Gasteiger charge is -2.31. The summed E-state index contributed by atoms with van der Waals surface area (Å²) in [5.74, 6) is 0.911. The van der Waals surface area contributed by atoms with Crippen LogP contribution in [0.1, 0.15) is 34.9 Å². The summed E-state index contributed by atoms with van der Waals surface area (Å²) in [5, 5.41) is 19.8. The van der Waals surface area contributed by atoms with Crippen LogP contribution in [-0.4, -0.2) is 33.1 Å². The van der Waals surface area contributed by atoms with E-state index in [-0.39, 0.29) is 6.61 Å². The molecular formula is C23H28N4OS3. The van der Waals surface area contributed by atoms with Gasteiger partial charge in [0.1, 0.15) is 5.69 Å². The van der Waals surface area contributed by atoms with Crippen LogP contribution in [0.4, 0.5) is 5.13 Å². The molecular weight excluding hydrogens is 444 g/mol. The van der Waals surface area contributed by atoms with Crippen LogP contribution < -0.4 is 10.6 Å². The van der Waals surface area contributed by atoms with Crippen molar-refractivity contribution in [2.75, 3.05) is 18.5 Å². The highest BCUT2D eigenvalue weighted by molar-refractivity contribution is 7.96. The standard InChI is InChI=1S/C23H28N4OS3/c1-23(2,16-28)26-19-13-27(30-15-17-7-4-3-5-8-17)14-20-21(19)25-22(31-20)24-11-10-18-9-6-12-29-18/h3-9,12-13,26,28H,10-11,14-16H2,1-2H3,(H,24,25). The Hall–Kier alpha value is -2.00. The number of fused-ring (bicyclic) bond motifs is 1. The number of hydrogen-bond donors (Lipinski definition) is 3. The van der Waals surface area contributed by atoms with E-state index in [1.54, 1.807) is 34.6 Å². The van der Waals surface area contributed by atoms with Gasteiger partial charge in [0.05, 0.1) is 29.3 Å². The normalized spacial score (nSPS) is 13.6. The van der Waals surface area contributed by atoms with Crippen molar-refractivity contribution < 1.29 is 5.11 Å². The number of rotatable bonds is 10. The number of aromatic nitrogens is 1. The molecule has 3 N–H and O–H groups in total. The van der Waals surface area contributed by atoms with Gasteiger partial charge in [-0.05, 0) is 49.2 Å².